The predicted molar refractivity (Wildman–Crippen MR) is 68.5 cm³/mol. The highest BCUT2D eigenvalue weighted by Crippen LogP contribution is 2.23. The minimum atomic E-state index is -0.969. The van der Waals surface area contributed by atoms with E-state index >= 15 is 0 Å². The summed E-state index contributed by atoms with van der Waals surface area (Å²) in [7, 11) is 0. The maximum absolute atomic E-state index is 13.5. The molecule has 8 heteroatoms. The van der Waals surface area contributed by atoms with Gasteiger partial charge in [0.1, 0.15) is 5.82 Å². The number of non-ortho nitro benzene ring substituents is 1. The summed E-state index contributed by atoms with van der Waals surface area (Å²) in [5.41, 5.74) is 5.29. The van der Waals surface area contributed by atoms with Gasteiger partial charge in [-0.25, -0.2) is 4.39 Å². The lowest BCUT2D eigenvalue weighted by molar-refractivity contribution is -0.385. The molecule has 0 bridgehead atoms. The molecule has 106 valence electrons. The highest BCUT2D eigenvalue weighted by atomic mass is 35.5. The number of hydrogen-bond donors (Lipinski definition) is 1. The molecule has 1 aromatic rings. The van der Waals surface area contributed by atoms with Gasteiger partial charge in [0.15, 0.2) is 0 Å². The average molecular weight is 293 g/mol. The van der Waals surface area contributed by atoms with Crippen molar-refractivity contribution in [2.24, 2.45) is 5.73 Å². The highest BCUT2D eigenvalue weighted by molar-refractivity contribution is 5.85. The van der Waals surface area contributed by atoms with Crippen LogP contribution < -0.4 is 5.73 Å². The second-order valence-electron chi connectivity index (χ2n) is 3.58. The van der Waals surface area contributed by atoms with Crippen LogP contribution in [-0.2, 0) is 9.53 Å². The quantitative estimate of drug-likeness (QED) is 0.509. The summed E-state index contributed by atoms with van der Waals surface area (Å²) in [5, 5.41) is 10.6. The first-order valence-corrected chi connectivity index (χ1v) is 5.30. The molecule has 1 rings (SSSR count). The molecule has 0 aromatic heterocycles. The van der Waals surface area contributed by atoms with E-state index < -0.39 is 22.8 Å². The fourth-order valence-electron chi connectivity index (χ4n) is 1.44. The molecule has 0 aliphatic rings. The van der Waals surface area contributed by atoms with E-state index in [4.69, 9.17) is 5.73 Å². The van der Waals surface area contributed by atoms with Gasteiger partial charge in [0.25, 0.3) is 5.69 Å². The lowest BCUT2D eigenvalue weighted by atomic mass is 10.0. The zero-order chi connectivity index (χ0) is 13.7. The Kier molecular flexibility index (Phi) is 6.95. The zero-order valence-electron chi connectivity index (χ0n) is 10.2. The number of carbonyl (C=O) groups excluding carboxylic acids is 1. The molecule has 1 atom stereocenters. The molecule has 0 amide bonds. The molecule has 6 nitrogen and oxygen atoms in total. The lowest BCUT2D eigenvalue weighted by Gasteiger charge is -2.11. The van der Waals surface area contributed by atoms with Crippen molar-refractivity contribution in [1.29, 1.82) is 0 Å². The average Bonchev–Trinajstić information content (AvgIpc) is 2.29. The van der Waals surface area contributed by atoms with E-state index in [1.54, 1.807) is 6.92 Å². The van der Waals surface area contributed by atoms with E-state index in [0.29, 0.717) is 0 Å². The summed E-state index contributed by atoms with van der Waals surface area (Å²) < 4.78 is 18.1. The van der Waals surface area contributed by atoms with Crippen molar-refractivity contribution in [3.63, 3.8) is 0 Å². The van der Waals surface area contributed by atoms with Gasteiger partial charge < -0.3 is 10.5 Å². The molecular weight excluding hydrogens is 279 g/mol. The Hall–Kier alpha value is -1.73. The van der Waals surface area contributed by atoms with Crippen molar-refractivity contribution < 1.29 is 18.8 Å². The molecule has 2 N–H and O–H groups in total. The smallest absolute Gasteiger partial charge is 0.307 e. The molecular formula is C11H14ClFN2O4. The van der Waals surface area contributed by atoms with Crippen LogP contribution >= 0.6 is 12.4 Å². The van der Waals surface area contributed by atoms with E-state index in [2.05, 4.69) is 4.74 Å². The summed E-state index contributed by atoms with van der Waals surface area (Å²) in [6.45, 7) is 1.83. The third-order valence-corrected chi connectivity index (χ3v) is 2.28. The van der Waals surface area contributed by atoms with Gasteiger partial charge in [-0.2, -0.15) is 0 Å². The maximum Gasteiger partial charge on any atom is 0.307 e. The van der Waals surface area contributed by atoms with Crippen molar-refractivity contribution in [2.45, 2.75) is 19.4 Å². The zero-order valence-corrected chi connectivity index (χ0v) is 11.0. The fraction of sp³-hybridized carbons (Fsp3) is 0.364. The van der Waals surface area contributed by atoms with Gasteiger partial charge in [-0.1, -0.05) is 0 Å². The second-order valence-corrected chi connectivity index (χ2v) is 3.58. The largest absolute Gasteiger partial charge is 0.466 e. The molecule has 0 saturated heterocycles. The molecule has 0 saturated carbocycles. The number of nitrogens with zero attached hydrogens (tertiary/aromatic N) is 1. The van der Waals surface area contributed by atoms with Crippen molar-refractivity contribution in [1.82, 2.24) is 0 Å². The van der Waals surface area contributed by atoms with Gasteiger partial charge in [0, 0.05) is 23.7 Å². The molecule has 0 fully saturated rings. The van der Waals surface area contributed by atoms with E-state index in [-0.39, 0.29) is 36.7 Å². The van der Waals surface area contributed by atoms with Crippen LogP contribution in [0.1, 0.15) is 24.9 Å². The van der Waals surface area contributed by atoms with Crippen LogP contribution in [0.25, 0.3) is 0 Å². The van der Waals surface area contributed by atoms with Gasteiger partial charge in [-0.05, 0) is 13.0 Å². The van der Waals surface area contributed by atoms with Crippen LogP contribution in [0.15, 0.2) is 18.2 Å². The summed E-state index contributed by atoms with van der Waals surface area (Å²) in [6, 6.07) is 2.05. The summed E-state index contributed by atoms with van der Waals surface area (Å²) >= 11 is 0. The topological polar surface area (TPSA) is 95.5 Å². The first-order chi connectivity index (χ1) is 8.45. The Morgan fingerprint density at radius 1 is 1.58 bits per heavy atom. The van der Waals surface area contributed by atoms with Crippen LogP contribution in [0.3, 0.4) is 0 Å². The number of hydrogen-bond acceptors (Lipinski definition) is 5. The predicted octanol–water partition coefficient (Wildman–Crippen LogP) is 2.11. The van der Waals surface area contributed by atoms with Crippen LogP contribution in [0, 0.1) is 15.9 Å². The molecule has 0 aliphatic heterocycles. The normalized spacial score (nSPS) is 11.3. The molecule has 0 unspecified atom stereocenters. The van der Waals surface area contributed by atoms with Gasteiger partial charge in [0.05, 0.1) is 18.0 Å². The molecule has 1 aromatic carbocycles. The Bertz CT molecular complexity index is 470. The minimum absolute atomic E-state index is 0. The number of ether oxygens (including phenoxy) is 1. The minimum Gasteiger partial charge on any atom is -0.466 e. The van der Waals surface area contributed by atoms with Crippen LogP contribution in [0.5, 0.6) is 0 Å². The van der Waals surface area contributed by atoms with E-state index in [9.17, 15) is 19.3 Å². The standard InChI is InChI=1S/C11H13FN2O4.ClH/c1-2-18-11(15)6-10(13)8-5-7(14(16)17)3-4-9(8)12;/h3-5,10H,2,6,13H2,1H3;1H/t10-;/m0./s1. The highest BCUT2D eigenvalue weighted by Gasteiger charge is 2.19. The number of esters is 1. The third-order valence-electron chi connectivity index (χ3n) is 2.28. The first kappa shape index (κ1) is 17.3. The maximum atomic E-state index is 13.5. The Balaban J connectivity index is 0.00000324. The van der Waals surface area contributed by atoms with Crippen LogP contribution in [-0.4, -0.2) is 17.5 Å². The van der Waals surface area contributed by atoms with Gasteiger partial charge in [-0.3, -0.25) is 14.9 Å². The summed E-state index contributed by atoms with van der Waals surface area (Å²) in [4.78, 5) is 21.1. The van der Waals surface area contributed by atoms with E-state index in [1.165, 1.54) is 0 Å². The van der Waals surface area contributed by atoms with Crippen molar-refractivity contribution in [3.05, 3.63) is 39.7 Å². The van der Waals surface area contributed by atoms with Gasteiger partial charge in [0.2, 0.25) is 0 Å². The molecule has 0 heterocycles. The lowest BCUT2D eigenvalue weighted by Crippen LogP contribution is -2.18. The van der Waals surface area contributed by atoms with E-state index in [0.717, 1.165) is 18.2 Å². The molecule has 0 spiro atoms. The number of nitro groups is 1. The van der Waals surface area contributed by atoms with Crippen molar-refractivity contribution >= 4 is 24.1 Å². The monoisotopic (exact) mass is 292 g/mol. The van der Waals surface area contributed by atoms with E-state index in [1.807, 2.05) is 0 Å². The SMILES string of the molecule is CCOC(=O)C[C@H](N)c1cc([N+](=O)[O-])ccc1F.Cl. The Morgan fingerprint density at radius 3 is 2.74 bits per heavy atom. The Labute approximate surface area is 115 Å². The number of halogens is 2. The van der Waals surface area contributed by atoms with Crippen molar-refractivity contribution in [3.8, 4) is 0 Å². The first-order valence-electron chi connectivity index (χ1n) is 5.30. The number of carbonyl (C=O) groups is 1. The van der Waals surface area contributed by atoms with Gasteiger partial charge in [-0.15, -0.1) is 12.4 Å². The van der Waals surface area contributed by atoms with Crippen LogP contribution in [0.2, 0.25) is 0 Å². The number of nitrogens with two attached hydrogens (primary N) is 1. The second kappa shape index (κ2) is 7.65. The van der Waals surface area contributed by atoms with Crippen molar-refractivity contribution in [2.75, 3.05) is 6.61 Å². The molecule has 0 aliphatic carbocycles. The third kappa shape index (κ3) is 4.80. The number of nitro benzene ring substituents is 1. The fourth-order valence-corrected chi connectivity index (χ4v) is 1.44. The van der Waals surface area contributed by atoms with Crippen LogP contribution in [0.4, 0.5) is 10.1 Å². The molecule has 19 heavy (non-hydrogen) atoms. The summed E-state index contributed by atoms with van der Waals surface area (Å²) in [6.07, 6.45) is -0.230. The number of rotatable bonds is 5. The summed E-state index contributed by atoms with van der Waals surface area (Å²) in [5.74, 6) is -1.26. The molecule has 0 radical (unpaired) electrons. The number of benzene rings is 1. The Morgan fingerprint density at radius 2 is 2.21 bits per heavy atom. The van der Waals surface area contributed by atoms with Gasteiger partial charge >= 0.3 is 5.97 Å².